The summed E-state index contributed by atoms with van der Waals surface area (Å²) in [5, 5.41) is 0. The number of rotatable bonds is 4. The lowest BCUT2D eigenvalue weighted by Crippen LogP contribution is -2.29. The first-order valence-corrected chi connectivity index (χ1v) is 8.33. The molecular formula is C17H19NO3S. The summed E-state index contributed by atoms with van der Waals surface area (Å²) in [4.78, 5) is 16.0. The van der Waals surface area contributed by atoms with E-state index < -0.39 is 0 Å². The molecule has 0 saturated heterocycles. The van der Waals surface area contributed by atoms with Gasteiger partial charge in [-0.25, -0.2) is 0 Å². The summed E-state index contributed by atoms with van der Waals surface area (Å²) in [6, 6.07) is 9.80. The van der Waals surface area contributed by atoms with Crippen LogP contribution in [0.1, 0.15) is 23.5 Å². The SMILES string of the molecule is CCN(CC)C(=O)c1ccc(-c2ccc3c(c2)OCCO3)s1. The third-order valence-electron chi connectivity index (χ3n) is 3.69. The maximum absolute atomic E-state index is 12.4. The summed E-state index contributed by atoms with van der Waals surface area (Å²) in [5.41, 5.74) is 1.05. The van der Waals surface area contributed by atoms with Crippen LogP contribution >= 0.6 is 11.3 Å². The monoisotopic (exact) mass is 317 g/mol. The molecule has 2 aromatic rings. The van der Waals surface area contributed by atoms with Gasteiger partial charge in [0.25, 0.3) is 5.91 Å². The van der Waals surface area contributed by atoms with Gasteiger partial charge in [-0.3, -0.25) is 4.79 Å². The molecular weight excluding hydrogens is 298 g/mol. The third kappa shape index (κ3) is 2.81. The number of ether oxygens (including phenoxy) is 2. The highest BCUT2D eigenvalue weighted by atomic mass is 32.1. The third-order valence-corrected chi connectivity index (χ3v) is 4.82. The van der Waals surface area contributed by atoms with Crippen LogP contribution in [0.3, 0.4) is 0 Å². The zero-order chi connectivity index (χ0) is 15.5. The second kappa shape index (κ2) is 6.40. The summed E-state index contributed by atoms with van der Waals surface area (Å²) in [6.07, 6.45) is 0. The Morgan fingerprint density at radius 1 is 1.09 bits per heavy atom. The van der Waals surface area contributed by atoms with E-state index in [0.29, 0.717) is 13.2 Å². The van der Waals surface area contributed by atoms with Crippen LogP contribution in [0.5, 0.6) is 11.5 Å². The van der Waals surface area contributed by atoms with E-state index in [9.17, 15) is 4.79 Å². The van der Waals surface area contributed by atoms with Crippen molar-refractivity contribution in [2.75, 3.05) is 26.3 Å². The van der Waals surface area contributed by atoms with Gasteiger partial charge in [-0.2, -0.15) is 0 Å². The lowest BCUT2D eigenvalue weighted by atomic mass is 10.1. The van der Waals surface area contributed by atoms with Crippen LogP contribution < -0.4 is 9.47 Å². The van der Waals surface area contributed by atoms with Crippen molar-refractivity contribution in [3.05, 3.63) is 35.2 Å². The number of thiophene rings is 1. The van der Waals surface area contributed by atoms with E-state index in [-0.39, 0.29) is 5.91 Å². The summed E-state index contributed by atoms with van der Waals surface area (Å²) < 4.78 is 11.2. The van der Waals surface area contributed by atoms with Gasteiger partial charge in [0.05, 0.1) is 4.88 Å². The average Bonchev–Trinajstić information content (AvgIpc) is 3.05. The Morgan fingerprint density at radius 3 is 2.55 bits per heavy atom. The molecule has 0 spiro atoms. The number of carbonyl (C=O) groups excluding carboxylic acids is 1. The van der Waals surface area contributed by atoms with Gasteiger partial charge in [-0.15, -0.1) is 11.3 Å². The van der Waals surface area contributed by atoms with Gasteiger partial charge in [-0.05, 0) is 49.7 Å². The summed E-state index contributed by atoms with van der Waals surface area (Å²) in [6.45, 7) is 6.62. The highest BCUT2D eigenvalue weighted by Crippen LogP contribution is 2.37. The van der Waals surface area contributed by atoms with Gasteiger partial charge in [0.15, 0.2) is 11.5 Å². The van der Waals surface area contributed by atoms with E-state index >= 15 is 0 Å². The summed E-state index contributed by atoms with van der Waals surface area (Å²) in [5.74, 6) is 1.65. The Hall–Kier alpha value is -2.01. The lowest BCUT2D eigenvalue weighted by Gasteiger charge is -2.18. The predicted octanol–water partition coefficient (Wildman–Crippen LogP) is 3.67. The fourth-order valence-corrected chi connectivity index (χ4v) is 3.44. The largest absolute Gasteiger partial charge is 0.486 e. The van der Waals surface area contributed by atoms with Gasteiger partial charge in [0.2, 0.25) is 0 Å². The molecule has 0 bridgehead atoms. The molecule has 1 aromatic heterocycles. The molecule has 116 valence electrons. The molecule has 3 rings (SSSR count). The van der Waals surface area contributed by atoms with Gasteiger partial charge in [0, 0.05) is 18.0 Å². The van der Waals surface area contributed by atoms with Crippen molar-refractivity contribution in [3.8, 4) is 21.9 Å². The Balaban J connectivity index is 1.86. The minimum absolute atomic E-state index is 0.0961. The van der Waals surface area contributed by atoms with E-state index in [1.54, 1.807) is 0 Å². The van der Waals surface area contributed by atoms with Crippen LogP contribution in [-0.4, -0.2) is 37.1 Å². The number of nitrogens with zero attached hydrogens (tertiary/aromatic N) is 1. The highest BCUT2D eigenvalue weighted by molar-refractivity contribution is 7.17. The molecule has 5 heteroatoms. The van der Waals surface area contributed by atoms with Gasteiger partial charge in [0.1, 0.15) is 13.2 Å². The van der Waals surface area contributed by atoms with Crippen LogP contribution in [0.25, 0.3) is 10.4 Å². The first-order valence-electron chi connectivity index (χ1n) is 7.52. The molecule has 0 radical (unpaired) electrons. The topological polar surface area (TPSA) is 38.8 Å². The first kappa shape index (κ1) is 14.9. The lowest BCUT2D eigenvalue weighted by molar-refractivity contribution is 0.0778. The molecule has 0 saturated carbocycles. The second-order valence-electron chi connectivity index (χ2n) is 5.00. The summed E-state index contributed by atoms with van der Waals surface area (Å²) >= 11 is 1.52. The zero-order valence-corrected chi connectivity index (χ0v) is 13.6. The number of amides is 1. The van der Waals surface area contributed by atoms with Crippen molar-refractivity contribution in [2.45, 2.75) is 13.8 Å². The molecule has 4 nitrogen and oxygen atoms in total. The molecule has 0 fully saturated rings. The molecule has 2 heterocycles. The Kier molecular flexibility index (Phi) is 4.34. The van der Waals surface area contributed by atoms with Crippen molar-refractivity contribution in [1.82, 2.24) is 4.90 Å². The van der Waals surface area contributed by atoms with E-state index in [1.807, 2.05) is 49.1 Å². The number of hydrogen-bond acceptors (Lipinski definition) is 4. The molecule has 0 unspecified atom stereocenters. The van der Waals surface area contributed by atoms with Crippen molar-refractivity contribution in [3.63, 3.8) is 0 Å². The van der Waals surface area contributed by atoms with Crippen LogP contribution in [0.2, 0.25) is 0 Å². The van der Waals surface area contributed by atoms with E-state index in [0.717, 1.165) is 39.9 Å². The van der Waals surface area contributed by atoms with Crippen molar-refractivity contribution in [2.24, 2.45) is 0 Å². The number of carbonyl (C=O) groups is 1. The van der Waals surface area contributed by atoms with Gasteiger partial charge < -0.3 is 14.4 Å². The van der Waals surface area contributed by atoms with E-state index in [1.165, 1.54) is 11.3 Å². The predicted molar refractivity (Wildman–Crippen MR) is 88.0 cm³/mol. The molecule has 0 aliphatic carbocycles. The maximum Gasteiger partial charge on any atom is 0.263 e. The maximum atomic E-state index is 12.4. The van der Waals surface area contributed by atoms with Crippen molar-refractivity contribution in [1.29, 1.82) is 0 Å². The van der Waals surface area contributed by atoms with Gasteiger partial charge in [-0.1, -0.05) is 0 Å². The first-order chi connectivity index (χ1) is 10.7. The Morgan fingerprint density at radius 2 is 1.82 bits per heavy atom. The number of benzene rings is 1. The zero-order valence-electron chi connectivity index (χ0n) is 12.8. The molecule has 22 heavy (non-hydrogen) atoms. The second-order valence-corrected chi connectivity index (χ2v) is 6.08. The molecule has 1 amide bonds. The average molecular weight is 317 g/mol. The smallest absolute Gasteiger partial charge is 0.263 e. The van der Waals surface area contributed by atoms with E-state index in [2.05, 4.69) is 0 Å². The molecule has 1 aliphatic heterocycles. The number of fused-ring (bicyclic) bond motifs is 1. The van der Waals surface area contributed by atoms with Crippen LogP contribution in [0.4, 0.5) is 0 Å². The van der Waals surface area contributed by atoms with Crippen molar-refractivity contribution >= 4 is 17.2 Å². The fraction of sp³-hybridized carbons (Fsp3) is 0.353. The normalized spacial score (nSPS) is 13.0. The summed E-state index contributed by atoms with van der Waals surface area (Å²) in [7, 11) is 0. The Bertz CT molecular complexity index is 676. The molecule has 0 atom stereocenters. The van der Waals surface area contributed by atoms with Crippen LogP contribution in [0, 0.1) is 0 Å². The molecule has 1 aliphatic rings. The minimum Gasteiger partial charge on any atom is -0.486 e. The minimum atomic E-state index is 0.0961. The van der Waals surface area contributed by atoms with Crippen LogP contribution in [-0.2, 0) is 0 Å². The van der Waals surface area contributed by atoms with Crippen LogP contribution in [0.15, 0.2) is 30.3 Å². The fourth-order valence-electron chi connectivity index (χ4n) is 2.47. The highest BCUT2D eigenvalue weighted by Gasteiger charge is 2.17. The van der Waals surface area contributed by atoms with Crippen molar-refractivity contribution < 1.29 is 14.3 Å². The van der Waals surface area contributed by atoms with E-state index in [4.69, 9.17) is 9.47 Å². The quantitative estimate of drug-likeness (QED) is 0.863. The molecule has 1 aromatic carbocycles. The number of hydrogen-bond donors (Lipinski definition) is 0. The Labute approximate surface area is 134 Å². The standard InChI is InChI=1S/C17H19NO3S/c1-3-18(4-2)17(19)16-8-7-15(22-16)12-5-6-13-14(11-12)21-10-9-20-13/h5-8,11H,3-4,9-10H2,1-2H3. The molecule has 0 N–H and O–H groups in total. The van der Waals surface area contributed by atoms with Gasteiger partial charge >= 0.3 is 0 Å².